The van der Waals surface area contributed by atoms with Gasteiger partial charge in [0.1, 0.15) is 0 Å². The molecular weight excluding hydrogens is 368 g/mol. The van der Waals surface area contributed by atoms with E-state index in [1.165, 1.54) is 0 Å². The predicted octanol–water partition coefficient (Wildman–Crippen LogP) is 2.45. The molecule has 1 saturated heterocycles. The van der Waals surface area contributed by atoms with Crippen molar-refractivity contribution in [3.05, 3.63) is 36.0 Å². The molecule has 0 radical (unpaired) electrons. The average Bonchev–Trinajstić information content (AvgIpc) is 2.69. The van der Waals surface area contributed by atoms with Gasteiger partial charge in [-0.3, -0.25) is 4.98 Å². The maximum absolute atomic E-state index is 12.3. The van der Waals surface area contributed by atoms with Crippen LogP contribution >= 0.6 is 0 Å². The summed E-state index contributed by atoms with van der Waals surface area (Å²) in [7, 11) is 0. The molecule has 8 heteroatoms. The summed E-state index contributed by atoms with van der Waals surface area (Å²) in [5.41, 5.74) is 2.50. The Kier molecular flexibility index (Phi) is 7.24. The van der Waals surface area contributed by atoms with Crippen LogP contribution in [0, 0.1) is 6.92 Å². The molecule has 3 rings (SSSR count). The van der Waals surface area contributed by atoms with Crippen molar-refractivity contribution < 1.29 is 9.59 Å². The lowest BCUT2D eigenvalue weighted by molar-refractivity contribution is 0.192. The number of amides is 4. The molecule has 1 aliphatic rings. The van der Waals surface area contributed by atoms with Gasteiger partial charge in [0.25, 0.3) is 0 Å². The van der Waals surface area contributed by atoms with Gasteiger partial charge in [-0.2, -0.15) is 0 Å². The first-order valence-corrected chi connectivity index (χ1v) is 10.2. The average molecular weight is 399 g/mol. The molecule has 0 saturated carbocycles. The van der Waals surface area contributed by atoms with Crippen LogP contribution in [0.1, 0.15) is 25.5 Å². The summed E-state index contributed by atoms with van der Waals surface area (Å²) in [6.07, 6.45) is 1.84. The van der Waals surface area contributed by atoms with E-state index in [0.29, 0.717) is 13.1 Å². The summed E-state index contributed by atoms with van der Waals surface area (Å²) in [5.74, 6) is 0. The van der Waals surface area contributed by atoms with Crippen molar-refractivity contribution in [2.45, 2.75) is 32.7 Å². The van der Waals surface area contributed by atoms with Crippen LogP contribution in [-0.4, -0.2) is 60.7 Å². The number of aromatic nitrogens is 1. The number of nitrogens with zero attached hydrogens (tertiary/aromatic N) is 2. The lowest BCUT2D eigenvalue weighted by Gasteiger charge is -2.32. The van der Waals surface area contributed by atoms with Gasteiger partial charge in [0, 0.05) is 49.8 Å². The second-order valence-electron chi connectivity index (χ2n) is 7.33. The van der Waals surface area contributed by atoms with Crippen LogP contribution in [0.3, 0.4) is 0 Å². The zero-order chi connectivity index (χ0) is 20.6. The molecule has 4 N–H and O–H groups in total. The molecule has 0 aliphatic carbocycles. The minimum Gasteiger partial charge on any atom is -0.338 e. The Morgan fingerprint density at radius 2 is 1.90 bits per heavy atom. The third-order valence-electron chi connectivity index (χ3n) is 5.07. The van der Waals surface area contributed by atoms with E-state index >= 15 is 0 Å². The van der Waals surface area contributed by atoms with Gasteiger partial charge in [-0.05, 0) is 38.8 Å². The van der Waals surface area contributed by atoms with Gasteiger partial charge in [0.05, 0.1) is 11.2 Å². The van der Waals surface area contributed by atoms with Gasteiger partial charge < -0.3 is 26.2 Å². The Morgan fingerprint density at radius 1 is 1.14 bits per heavy atom. The van der Waals surface area contributed by atoms with Gasteiger partial charge in [-0.15, -0.1) is 0 Å². The molecule has 0 unspecified atom stereocenters. The molecule has 1 aromatic heterocycles. The van der Waals surface area contributed by atoms with E-state index < -0.39 is 0 Å². The van der Waals surface area contributed by atoms with E-state index in [1.54, 1.807) is 0 Å². The van der Waals surface area contributed by atoms with Crippen molar-refractivity contribution in [3.63, 3.8) is 0 Å². The number of benzene rings is 1. The van der Waals surface area contributed by atoms with E-state index in [0.717, 1.165) is 54.8 Å². The molecular formula is C21H30N6O2. The summed E-state index contributed by atoms with van der Waals surface area (Å²) in [4.78, 5) is 30.7. The molecule has 0 bridgehead atoms. The summed E-state index contributed by atoms with van der Waals surface area (Å²) < 4.78 is 0. The molecule has 8 nitrogen and oxygen atoms in total. The number of carbonyl (C=O) groups is 2. The summed E-state index contributed by atoms with van der Waals surface area (Å²) in [6.45, 7) is 7.64. The van der Waals surface area contributed by atoms with Gasteiger partial charge in [-0.1, -0.05) is 18.2 Å². The van der Waals surface area contributed by atoms with Crippen LogP contribution in [-0.2, 0) is 0 Å². The number of likely N-dealkylation sites (tertiary alicyclic amines) is 1. The van der Waals surface area contributed by atoms with E-state index in [9.17, 15) is 9.59 Å². The Hall–Kier alpha value is -2.87. The minimum atomic E-state index is -0.214. The molecule has 1 fully saturated rings. The number of para-hydroxylation sites is 1. The largest absolute Gasteiger partial charge is 0.338 e. The highest BCUT2D eigenvalue weighted by molar-refractivity contribution is 6.00. The molecule has 1 aliphatic heterocycles. The topological polar surface area (TPSA) is 98.4 Å². The molecule has 2 aromatic rings. The number of hydrogen-bond donors (Lipinski definition) is 4. The summed E-state index contributed by atoms with van der Waals surface area (Å²) in [6, 6.07) is 9.56. The number of fused-ring (bicyclic) bond motifs is 1. The number of urea groups is 2. The molecule has 1 aromatic carbocycles. The number of rotatable bonds is 6. The first kappa shape index (κ1) is 20.9. The standard InChI is InChI=1S/C21H30N6O2/c1-3-22-20(28)25-16-8-11-27(12-9-16)13-10-23-21(29)26-19-14-15(2)24-18-7-5-4-6-17(18)19/h4-7,14,16H,3,8-13H2,1-2H3,(H2,22,25,28)(H2,23,24,26,29). The molecule has 4 amide bonds. The van der Waals surface area contributed by atoms with Crippen molar-refractivity contribution in [1.82, 2.24) is 25.8 Å². The number of piperidine rings is 1. The highest BCUT2D eigenvalue weighted by Crippen LogP contribution is 2.22. The zero-order valence-corrected chi connectivity index (χ0v) is 17.1. The number of hydrogen-bond acceptors (Lipinski definition) is 4. The second kappa shape index (κ2) is 10.1. The number of carbonyl (C=O) groups excluding carboxylic acids is 2. The van der Waals surface area contributed by atoms with E-state index in [2.05, 4.69) is 31.2 Å². The van der Waals surface area contributed by atoms with Crippen LogP contribution in [0.2, 0.25) is 0 Å². The summed E-state index contributed by atoms with van der Waals surface area (Å²) in [5, 5.41) is 12.6. The molecule has 0 atom stereocenters. The van der Waals surface area contributed by atoms with Gasteiger partial charge >= 0.3 is 12.1 Å². The van der Waals surface area contributed by atoms with Crippen LogP contribution in [0.25, 0.3) is 10.9 Å². The normalized spacial score (nSPS) is 15.1. The van der Waals surface area contributed by atoms with Crippen LogP contribution in [0.15, 0.2) is 30.3 Å². The number of nitrogens with one attached hydrogen (secondary N) is 4. The van der Waals surface area contributed by atoms with Crippen molar-refractivity contribution >= 4 is 28.7 Å². The highest BCUT2D eigenvalue weighted by atomic mass is 16.2. The Bertz CT molecular complexity index is 848. The monoisotopic (exact) mass is 398 g/mol. The molecule has 0 spiro atoms. The van der Waals surface area contributed by atoms with E-state index in [4.69, 9.17) is 0 Å². The fraction of sp³-hybridized carbons (Fsp3) is 0.476. The van der Waals surface area contributed by atoms with Gasteiger partial charge in [0.15, 0.2) is 0 Å². The van der Waals surface area contributed by atoms with E-state index in [1.807, 2.05) is 44.2 Å². The maximum atomic E-state index is 12.3. The van der Waals surface area contributed by atoms with Crippen LogP contribution in [0.5, 0.6) is 0 Å². The Morgan fingerprint density at radius 3 is 2.66 bits per heavy atom. The van der Waals surface area contributed by atoms with Gasteiger partial charge in [-0.25, -0.2) is 9.59 Å². The fourth-order valence-corrected chi connectivity index (χ4v) is 3.60. The van der Waals surface area contributed by atoms with E-state index in [-0.39, 0.29) is 18.1 Å². The van der Waals surface area contributed by atoms with Crippen molar-refractivity contribution in [2.75, 3.05) is 38.0 Å². The number of pyridine rings is 1. The highest BCUT2D eigenvalue weighted by Gasteiger charge is 2.20. The third kappa shape index (κ3) is 6.05. The number of aryl methyl sites for hydroxylation is 1. The first-order valence-electron chi connectivity index (χ1n) is 10.2. The Balaban J connectivity index is 1.41. The second-order valence-corrected chi connectivity index (χ2v) is 7.33. The molecule has 156 valence electrons. The predicted molar refractivity (Wildman–Crippen MR) is 115 cm³/mol. The quantitative estimate of drug-likeness (QED) is 0.601. The number of anilines is 1. The zero-order valence-electron chi connectivity index (χ0n) is 17.1. The Labute approximate surface area is 171 Å². The van der Waals surface area contributed by atoms with Crippen LogP contribution in [0.4, 0.5) is 15.3 Å². The fourth-order valence-electron chi connectivity index (χ4n) is 3.60. The SMILES string of the molecule is CCNC(=O)NC1CCN(CCNC(=O)Nc2cc(C)nc3ccccc23)CC1. The lowest BCUT2D eigenvalue weighted by Crippen LogP contribution is -2.49. The summed E-state index contributed by atoms with van der Waals surface area (Å²) >= 11 is 0. The maximum Gasteiger partial charge on any atom is 0.319 e. The van der Waals surface area contributed by atoms with Crippen molar-refractivity contribution in [3.8, 4) is 0 Å². The molecule has 2 heterocycles. The lowest BCUT2D eigenvalue weighted by atomic mass is 10.1. The van der Waals surface area contributed by atoms with Crippen molar-refractivity contribution in [2.24, 2.45) is 0 Å². The third-order valence-corrected chi connectivity index (χ3v) is 5.07. The van der Waals surface area contributed by atoms with Crippen molar-refractivity contribution in [1.29, 1.82) is 0 Å². The van der Waals surface area contributed by atoms with Crippen LogP contribution < -0.4 is 21.3 Å². The smallest absolute Gasteiger partial charge is 0.319 e. The first-order chi connectivity index (χ1) is 14.0. The van der Waals surface area contributed by atoms with Gasteiger partial charge in [0.2, 0.25) is 0 Å². The minimum absolute atomic E-state index is 0.0943. The molecule has 29 heavy (non-hydrogen) atoms.